The van der Waals surface area contributed by atoms with E-state index in [0.717, 1.165) is 39.2 Å². The van der Waals surface area contributed by atoms with Gasteiger partial charge in [0, 0.05) is 41.3 Å². The standard InChI is InChI=1S/C24H21N3O3/c1-3-11-30-16-9-7-15(8-10-16)21-17-12-25-18-5-4-6-19(22(17)18)26-20-13-27(14(2)28)24(29)23(20)21/h3-10,12,21,25-26H,1,11,13H2,2H3. The molecular weight excluding hydrogens is 378 g/mol. The molecule has 1 unspecified atom stereocenters. The van der Waals surface area contributed by atoms with E-state index in [1.807, 2.05) is 48.7 Å². The first-order chi connectivity index (χ1) is 14.6. The van der Waals surface area contributed by atoms with Gasteiger partial charge in [-0.15, -0.1) is 0 Å². The summed E-state index contributed by atoms with van der Waals surface area (Å²) in [4.78, 5) is 30.0. The van der Waals surface area contributed by atoms with Crippen LogP contribution in [0.15, 0.2) is 72.6 Å². The van der Waals surface area contributed by atoms with Gasteiger partial charge in [0.25, 0.3) is 5.91 Å². The lowest BCUT2D eigenvalue weighted by Gasteiger charge is -2.19. The van der Waals surface area contributed by atoms with Crippen molar-refractivity contribution in [2.75, 3.05) is 18.5 Å². The van der Waals surface area contributed by atoms with E-state index in [1.54, 1.807) is 6.08 Å². The largest absolute Gasteiger partial charge is 0.490 e. The third kappa shape index (κ3) is 2.72. The maximum Gasteiger partial charge on any atom is 0.259 e. The molecule has 5 rings (SSSR count). The fourth-order valence-corrected chi connectivity index (χ4v) is 4.37. The number of amides is 2. The topological polar surface area (TPSA) is 74.4 Å². The van der Waals surface area contributed by atoms with Crippen LogP contribution in [0.1, 0.15) is 24.0 Å². The number of imide groups is 1. The van der Waals surface area contributed by atoms with E-state index in [4.69, 9.17) is 4.74 Å². The quantitative estimate of drug-likeness (QED) is 0.652. The third-order valence-electron chi connectivity index (χ3n) is 5.70. The highest BCUT2D eigenvalue weighted by atomic mass is 16.5. The zero-order valence-corrected chi connectivity index (χ0v) is 16.6. The summed E-state index contributed by atoms with van der Waals surface area (Å²) >= 11 is 0. The van der Waals surface area contributed by atoms with E-state index in [0.29, 0.717) is 12.2 Å². The summed E-state index contributed by atoms with van der Waals surface area (Å²) in [6.07, 6.45) is 3.66. The van der Waals surface area contributed by atoms with Crippen LogP contribution in [0.25, 0.3) is 10.9 Å². The van der Waals surface area contributed by atoms with Crippen molar-refractivity contribution in [3.63, 3.8) is 0 Å². The van der Waals surface area contributed by atoms with Gasteiger partial charge in [-0.3, -0.25) is 14.5 Å². The number of rotatable bonds is 4. The van der Waals surface area contributed by atoms with Crippen LogP contribution in [0.3, 0.4) is 0 Å². The Morgan fingerprint density at radius 2 is 2.07 bits per heavy atom. The van der Waals surface area contributed by atoms with Gasteiger partial charge in [0.1, 0.15) is 12.4 Å². The lowest BCUT2D eigenvalue weighted by Crippen LogP contribution is -2.33. The molecule has 0 saturated heterocycles. The molecular formula is C24H21N3O3. The Labute approximate surface area is 173 Å². The SMILES string of the molecule is C=CCOc1ccc(C2C3=C(CN(C(C)=O)C3=O)Nc3cccc4[nH]cc2c34)cc1. The molecule has 30 heavy (non-hydrogen) atoms. The molecule has 0 radical (unpaired) electrons. The molecule has 2 amide bonds. The zero-order chi connectivity index (χ0) is 20.8. The van der Waals surface area contributed by atoms with Gasteiger partial charge in [-0.2, -0.15) is 0 Å². The molecule has 0 spiro atoms. The molecule has 3 heterocycles. The predicted molar refractivity (Wildman–Crippen MR) is 115 cm³/mol. The molecule has 2 aromatic carbocycles. The first-order valence-corrected chi connectivity index (χ1v) is 9.84. The van der Waals surface area contributed by atoms with Crippen LogP contribution in [0.4, 0.5) is 5.69 Å². The van der Waals surface area contributed by atoms with Crippen LogP contribution in [0.2, 0.25) is 0 Å². The summed E-state index contributed by atoms with van der Waals surface area (Å²) < 4.78 is 5.61. The maximum absolute atomic E-state index is 13.3. The Bertz CT molecular complexity index is 1220. The number of nitrogens with zero attached hydrogens (tertiary/aromatic N) is 1. The zero-order valence-electron chi connectivity index (χ0n) is 16.6. The Morgan fingerprint density at radius 3 is 2.80 bits per heavy atom. The highest BCUT2D eigenvalue weighted by molar-refractivity contribution is 6.11. The highest BCUT2D eigenvalue weighted by Gasteiger charge is 2.41. The average Bonchev–Trinajstić information content (AvgIpc) is 3.27. The highest BCUT2D eigenvalue weighted by Crippen LogP contribution is 2.45. The van der Waals surface area contributed by atoms with E-state index in [2.05, 4.69) is 16.9 Å². The Morgan fingerprint density at radius 1 is 1.27 bits per heavy atom. The number of aromatic amines is 1. The molecule has 2 aliphatic rings. The van der Waals surface area contributed by atoms with Crippen LogP contribution >= 0.6 is 0 Å². The van der Waals surface area contributed by atoms with Crippen LogP contribution in [-0.4, -0.2) is 34.8 Å². The monoisotopic (exact) mass is 399 g/mol. The van der Waals surface area contributed by atoms with Gasteiger partial charge < -0.3 is 15.0 Å². The number of anilines is 1. The average molecular weight is 399 g/mol. The minimum atomic E-state index is -0.296. The van der Waals surface area contributed by atoms with Gasteiger partial charge in [-0.1, -0.05) is 30.9 Å². The molecule has 0 aliphatic carbocycles. The van der Waals surface area contributed by atoms with Gasteiger partial charge in [0.2, 0.25) is 5.91 Å². The first kappa shape index (κ1) is 18.2. The van der Waals surface area contributed by atoms with Gasteiger partial charge in [0.15, 0.2) is 0 Å². The molecule has 2 N–H and O–H groups in total. The minimum Gasteiger partial charge on any atom is -0.490 e. The summed E-state index contributed by atoms with van der Waals surface area (Å²) in [6, 6.07) is 13.7. The molecule has 6 nitrogen and oxygen atoms in total. The second kappa shape index (κ2) is 6.91. The summed E-state index contributed by atoms with van der Waals surface area (Å²) in [5.41, 5.74) is 5.30. The smallest absolute Gasteiger partial charge is 0.259 e. The normalized spacial score (nSPS) is 17.6. The minimum absolute atomic E-state index is 0.246. The van der Waals surface area contributed by atoms with Gasteiger partial charge in [-0.05, 0) is 35.4 Å². The van der Waals surface area contributed by atoms with Crippen LogP contribution in [0, 0.1) is 0 Å². The van der Waals surface area contributed by atoms with Crippen molar-refractivity contribution in [1.82, 2.24) is 9.88 Å². The Kier molecular flexibility index (Phi) is 4.20. The molecule has 6 heteroatoms. The van der Waals surface area contributed by atoms with Crippen molar-refractivity contribution in [1.29, 1.82) is 0 Å². The summed E-state index contributed by atoms with van der Waals surface area (Å²) in [5, 5.41) is 4.50. The van der Waals surface area contributed by atoms with E-state index in [1.165, 1.54) is 11.8 Å². The van der Waals surface area contributed by atoms with Crippen LogP contribution in [0.5, 0.6) is 5.75 Å². The second-order valence-corrected chi connectivity index (χ2v) is 7.50. The first-order valence-electron chi connectivity index (χ1n) is 9.84. The summed E-state index contributed by atoms with van der Waals surface area (Å²) in [7, 11) is 0. The van der Waals surface area contributed by atoms with Gasteiger partial charge in [0.05, 0.1) is 12.1 Å². The number of hydrogen-bond donors (Lipinski definition) is 2. The fourth-order valence-electron chi connectivity index (χ4n) is 4.37. The second-order valence-electron chi connectivity index (χ2n) is 7.50. The summed E-state index contributed by atoms with van der Waals surface area (Å²) in [6.45, 7) is 5.78. The molecule has 2 aliphatic heterocycles. The molecule has 0 bridgehead atoms. The van der Waals surface area contributed by atoms with E-state index in [-0.39, 0.29) is 24.3 Å². The van der Waals surface area contributed by atoms with Crippen molar-refractivity contribution in [2.45, 2.75) is 12.8 Å². The predicted octanol–water partition coefficient (Wildman–Crippen LogP) is 3.93. The number of carbonyl (C=O) groups excluding carboxylic acids is 2. The maximum atomic E-state index is 13.3. The number of ether oxygens (including phenoxy) is 1. The van der Waals surface area contributed by atoms with Crippen molar-refractivity contribution in [2.24, 2.45) is 0 Å². The van der Waals surface area contributed by atoms with Crippen molar-refractivity contribution < 1.29 is 14.3 Å². The third-order valence-corrected chi connectivity index (χ3v) is 5.70. The van der Waals surface area contributed by atoms with E-state index >= 15 is 0 Å². The van der Waals surface area contributed by atoms with Crippen molar-refractivity contribution >= 4 is 28.4 Å². The van der Waals surface area contributed by atoms with Crippen molar-refractivity contribution in [3.8, 4) is 5.75 Å². The molecule has 0 fully saturated rings. The number of benzene rings is 2. The summed E-state index contributed by atoms with van der Waals surface area (Å²) in [5.74, 6) is -0.0593. The lowest BCUT2D eigenvalue weighted by atomic mass is 9.84. The molecule has 150 valence electrons. The molecule has 3 aromatic rings. The molecule has 0 saturated carbocycles. The van der Waals surface area contributed by atoms with Crippen LogP contribution < -0.4 is 10.1 Å². The van der Waals surface area contributed by atoms with Gasteiger partial charge in [-0.25, -0.2) is 0 Å². The fraction of sp³-hybridized carbons (Fsp3) is 0.167. The lowest BCUT2D eigenvalue weighted by molar-refractivity contribution is -0.139. The Hall–Kier alpha value is -3.80. The van der Waals surface area contributed by atoms with Gasteiger partial charge >= 0.3 is 0 Å². The van der Waals surface area contributed by atoms with E-state index < -0.39 is 0 Å². The molecule has 1 aromatic heterocycles. The number of aromatic nitrogens is 1. The van der Waals surface area contributed by atoms with Crippen molar-refractivity contribution in [3.05, 3.63) is 83.7 Å². The number of hydrogen-bond acceptors (Lipinski definition) is 4. The number of H-pyrrole nitrogens is 1. The van der Waals surface area contributed by atoms with E-state index in [9.17, 15) is 9.59 Å². The number of carbonyl (C=O) groups is 2. The van der Waals surface area contributed by atoms with Crippen LogP contribution in [-0.2, 0) is 9.59 Å². The Balaban J connectivity index is 1.68. The number of nitrogens with one attached hydrogen (secondary N) is 2. The molecule has 1 atom stereocenters.